The number of methoxy groups -OCH3 is 3. The van der Waals surface area contributed by atoms with Gasteiger partial charge in [-0.3, -0.25) is 9.59 Å². The molecule has 1 aliphatic heterocycles. The van der Waals surface area contributed by atoms with Gasteiger partial charge in [0.1, 0.15) is 12.0 Å². The van der Waals surface area contributed by atoms with E-state index in [2.05, 4.69) is 0 Å². The Morgan fingerprint density at radius 1 is 1.12 bits per heavy atom. The molecule has 0 bridgehead atoms. The van der Waals surface area contributed by atoms with Gasteiger partial charge in [-0.1, -0.05) is 13.0 Å². The highest BCUT2D eigenvalue weighted by molar-refractivity contribution is 6.11. The fourth-order valence-electron chi connectivity index (χ4n) is 3.38. The highest BCUT2D eigenvalue weighted by Gasteiger charge is 2.46. The van der Waals surface area contributed by atoms with E-state index >= 15 is 0 Å². The molecule has 0 saturated heterocycles. The maximum absolute atomic E-state index is 12.7. The molecule has 7 nitrogen and oxygen atoms in total. The minimum atomic E-state index is -1.26. The molecule has 138 valence electrons. The Kier molecular flexibility index (Phi) is 4.63. The highest BCUT2D eigenvalue weighted by atomic mass is 16.5. The van der Waals surface area contributed by atoms with E-state index in [0.717, 1.165) is 5.56 Å². The lowest BCUT2D eigenvalue weighted by Gasteiger charge is -2.19. The molecule has 0 saturated carbocycles. The topological polar surface area (TPSA) is 91.3 Å². The van der Waals surface area contributed by atoms with Crippen molar-refractivity contribution in [3.05, 3.63) is 46.9 Å². The van der Waals surface area contributed by atoms with Crippen LogP contribution in [-0.2, 0) is 19.1 Å². The first-order chi connectivity index (χ1) is 12.4. The van der Waals surface area contributed by atoms with E-state index in [1.54, 1.807) is 19.2 Å². The van der Waals surface area contributed by atoms with Crippen molar-refractivity contribution in [3.8, 4) is 11.5 Å². The first-order valence-electron chi connectivity index (χ1n) is 8.08. The monoisotopic (exact) mass is 360 g/mol. The van der Waals surface area contributed by atoms with Gasteiger partial charge in [0.25, 0.3) is 0 Å². The summed E-state index contributed by atoms with van der Waals surface area (Å²) >= 11 is 0. The van der Waals surface area contributed by atoms with Crippen LogP contribution in [0.15, 0.2) is 41.4 Å². The van der Waals surface area contributed by atoms with Crippen LogP contribution in [0.2, 0.25) is 0 Å². The molecule has 1 unspecified atom stereocenters. The third kappa shape index (κ3) is 2.69. The molecular weight excluding hydrogens is 340 g/mol. The van der Waals surface area contributed by atoms with Crippen molar-refractivity contribution in [3.63, 3.8) is 0 Å². The number of rotatable bonds is 5. The Morgan fingerprint density at radius 2 is 1.81 bits per heavy atom. The molecular formula is C19H20O7. The van der Waals surface area contributed by atoms with Crippen LogP contribution in [0.4, 0.5) is 0 Å². The lowest BCUT2D eigenvalue weighted by atomic mass is 9.82. The zero-order valence-corrected chi connectivity index (χ0v) is 14.9. The summed E-state index contributed by atoms with van der Waals surface area (Å²) in [6, 6.07) is 5.38. The van der Waals surface area contributed by atoms with Crippen LogP contribution in [0.5, 0.6) is 11.5 Å². The summed E-state index contributed by atoms with van der Waals surface area (Å²) in [4.78, 5) is 24.1. The molecule has 1 aliphatic carbocycles. The van der Waals surface area contributed by atoms with Gasteiger partial charge >= 0.3 is 5.97 Å². The summed E-state index contributed by atoms with van der Waals surface area (Å²) < 4.78 is 21.9. The minimum absolute atomic E-state index is 0.266. The second-order valence-electron chi connectivity index (χ2n) is 6.10. The second-order valence-corrected chi connectivity index (χ2v) is 6.10. The smallest absolute Gasteiger partial charge is 0.318 e. The number of ketones is 1. The fourth-order valence-corrected chi connectivity index (χ4v) is 3.38. The van der Waals surface area contributed by atoms with Crippen molar-refractivity contribution < 1.29 is 33.6 Å². The number of carbonyl (C=O) groups excluding carboxylic acids is 1. The van der Waals surface area contributed by atoms with Crippen molar-refractivity contribution in [2.45, 2.75) is 13.0 Å². The van der Waals surface area contributed by atoms with Crippen molar-refractivity contribution in [2.75, 3.05) is 21.3 Å². The van der Waals surface area contributed by atoms with Crippen LogP contribution in [-0.4, -0.2) is 38.2 Å². The van der Waals surface area contributed by atoms with Gasteiger partial charge in [0.2, 0.25) is 0 Å². The van der Waals surface area contributed by atoms with Crippen molar-refractivity contribution in [1.82, 2.24) is 0 Å². The fraction of sp³-hybridized carbons (Fsp3) is 0.368. The van der Waals surface area contributed by atoms with E-state index in [0.29, 0.717) is 22.8 Å². The van der Waals surface area contributed by atoms with E-state index in [1.807, 2.05) is 13.0 Å². The number of carboxylic acid groups (broad SMARTS) is 1. The molecule has 1 N–H and O–H groups in total. The molecule has 0 fully saturated rings. The van der Waals surface area contributed by atoms with Crippen LogP contribution in [0, 0.1) is 11.8 Å². The number of aliphatic carboxylic acids is 1. The average Bonchev–Trinajstić information content (AvgIpc) is 2.99. The highest BCUT2D eigenvalue weighted by Crippen LogP contribution is 2.48. The number of Topliss-reactive ketones (excluding diaryl/α,β-unsaturated/α-hetero) is 1. The molecule has 2 aliphatic rings. The Labute approximate surface area is 150 Å². The summed E-state index contributed by atoms with van der Waals surface area (Å²) in [6.45, 7) is 1.83. The predicted octanol–water partition coefficient (Wildman–Crippen LogP) is 2.48. The lowest BCUT2D eigenvalue weighted by Crippen LogP contribution is -2.29. The van der Waals surface area contributed by atoms with Gasteiger partial charge in [-0.05, 0) is 23.8 Å². The van der Waals surface area contributed by atoms with E-state index < -0.39 is 23.8 Å². The van der Waals surface area contributed by atoms with Crippen LogP contribution in [0.1, 0.15) is 18.6 Å². The molecule has 26 heavy (non-hydrogen) atoms. The summed E-state index contributed by atoms with van der Waals surface area (Å²) in [5.41, 5.74) is 1.14. The van der Waals surface area contributed by atoms with E-state index in [1.165, 1.54) is 20.3 Å². The molecule has 3 rings (SSSR count). The first kappa shape index (κ1) is 17.8. The van der Waals surface area contributed by atoms with Gasteiger partial charge in [0.15, 0.2) is 28.8 Å². The maximum atomic E-state index is 12.7. The number of benzene rings is 1. The van der Waals surface area contributed by atoms with Gasteiger partial charge in [0, 0.05) is 11.5 Å². The van der Waals surface area contributed by atoms with Gasteiger partial charge in [-0.15, -0.1) is 0 Å². The van der Waals surface area contributed by atoms with Gasteiger partial charge in [0.05, 0.1) is 21.3 Å². The SMILES string of the molecule is COC1=CC(C(=O)O)C(=O)C2=C1O[C@H](c1ccc(OC)c(OC)c1)[C@H]2C. The van der Waals surface area contributed by atoms with Gasteiger partial charge < -0.3 is 24.1 Å². The third-order valence-electron chi connectivity index (χ3n) is 4.71. The van der Waals surface area contributed by atoms with Crippen LogP contribution in [0.3, 0.4) is 0 Å². The Balaban J connectivity index is 1.99. The van der Waals surface area contributed by atoms with Crippen LogP contribution >= 0.6 is 0 Å². The molecule has 0 radical (unpaired) electrons. The molecule has 3 atom stereocenters. The number of carboxylic acids is 1. The third-order valence-corrected chi connectivity index (χ3v) is 4.71. The predicted molar refractivity (Wildman–Crippen MR) is 90.8 cm³/mol. The molecule has 0 spiro atoms. The number of carbonyl (C=O) groups is 2. The van der Waals surface area contributed by atoms with E-state index in [4.69, 9.17) is 18.9 Å². The Morgan fingerprint density at radius 3 is 2.38 bits per heavy atom. The van der Waals surface area contributed by atoms with Gasteiger partial charge in [-0.25, -0.2) is 0 Å². The number of ether oxygens (including phenoxy) is 4. The standard InChI is InChI=1S/C19H20O7/c1-9-15-16(20)11(19(21)22)8-14(25-4)18(15)26-17(9)10-5-6-12(23-2)13(7-10)24-3/h5-9,11,17H,1-4H3,(H,21,22)/t9-,11?,17-/m0/s1. The summed E-state index contributed by atoms with van der Waals surface area (Å²) in [6.07, 6.45) is 0.822. The Hall–Kier alpha value is -2.96. The molecule has 0 aromatic heterocycles. The average molecular weight is 360 g/mol. The second kappa shape index (κ2) is 6.74. The molecule has 0 amide bonds. The summed E-state index contributed by atoms with van der Waals surface area (Å²) in [5.74, 6) is -1.58. The Bertz CT molecular complexity index is 821. The quantitative estimate of drug-likeness (QED) is 0.807. The maximum Gasteiger partial charge on any atom is 0.318 e. The van der Waals surface area contributed by atoms with Crippen molar-refractivity contribution in [2.24, 2.45) is 11.8 Å². The summed E-state index contributed by atoms with van der Waals surface area (Å²) in [5, 5.41) is 9.32. The lowest BCUT2D eigenvalue weighted by molar-refractivity contribution is -0.143. The zero-order chi connectivity index (χ0) is 19.0. The number of hydrogen-bond acceptors (Lipinski definition) is 6. The van der Waals surface area contributed by atoms with Crippen molar-refractivity contribution in [1.29, 1.82) is 0 Å². The normalized spacial score (nSPS) is 24.5. The first-order valence-corrected chi connectivity index (χ1v) is 8.08. The molecule has 1 aromatic rings. The minimum Gasteiger partial charge on any atom is -0.493 e. The van der Waals surface area contributed by atoms with Crippen molar-refractivity contribution >= 4 is 11.8 Å². The zero-order valence-electron chi connectivity index (χ0n) is 14.9. The van der Waals surface area contributed by atoms with E-state index in [-0.39, 0.29) is 11.7 Å². The summed E-state index contributed by atoms with van der Waals surface area (Å²) in [7, 11) is 4.51. The molecule has 1 heterocycles. The largest absolute Gasteiger partial charge is 0.493 e. The van der Waals surface area contributed by atoms with Gasteiger partial charge in [-0.2, -0.15) is 0 Å². The van der Waals surface area contributed by atoms with E-state index in [9.17, 15) is 14.7 Å². The number of hydrogen-bond donors (Lipinski definition) is 1. The molecule has 7 heteroatoms. The van der Waals surface area contributed by atoms with Crippen LogP contribution < -0.4 is 9.47 Å². The van der Waals surface area contributed by atoms with Crippen LogP contribution in [0.25, 0.3) is 0 Å². The molecule has 1 aromatic carbocycles.